The van der Waals surface area contributed by atoms with Crippen molar-refractivity contribution in [1.82, 2.24) is 10.2 Å². The predicted octanol–water partition coefficient (Wildman–Crippen LogP) is 1.97. The second kappa shape index (κ2) is 5.95. The molecule has 15 heavy (non-hydrogen) atoms. The van der Waals surface area contributed by atoms with E-state index >= 15 is 0 Å². The van der Waals surface area contributed by atoms with Crippen LogP contribution in [-0.2, 0) is 4.79 Å². The summed E-state index contributed by atoms with van der Waals surface area (Å²) in [5.41, 5.74) is -0.259. The molecular weight excluding hydrogens is 216 g/mol. The molecule has 0 rings (SSSR count). The fourth-order valence-corrected chi connectivity index (χ4v) is 1.04. The Labute approximate surface area is 96.0 Å². The minimum atomic E-state index is -0.378. The Kier molecular flexibility index (Phi) is 5.65. The van der Waals surface area contributed by atoms with Gasteiger partial charge < -0.3 is 4.90 Å². The van der Waals surface area contributed by atoms with Crippen LogP contribution in [0.4, 0.5) is 4.79 Å². The Balaban J connectivity index is 4.28. The molecule has 0 aromatic rings. The monoisotopic (exact) mass is 234 g/mol. The summed E-state index contributed by atoms with van der Waals surface area (Å²) in [6.07, 6.45) is 0.980. The van der Waals surface area contributed by atoms with E-state index in [0.29, 0.717) is 0 Å². The van der Waals surface area contributed by atoms with Crippen molar-refractivity contribution in [2.75, 3.05) is 12.9 Å². The molecule has 0 aromatic carbocycles. The van der Waals surface area contributed by atoms with Crippen LogP contribution in [0.5, 0.6) is 0 Å². The third-order valence-electron chi connectivity index (χ3n) is 2.65. The average Bonchev–Trinajstić information content (AvgIpc) is 2.16. The van der Waals surface area contributed by atoms with Gasteiger partial charge in [0.05, 0.1) is 0 Å². The number of carbonyl (C=O) groups is 2. The fourth-order valence-electron chi connectivity index (χ4n) is 0.864. The quantitative estimate of drug-likeness (QED) is 0.757. The zero-order valence-corrected chi connectivity index (χ0v) is 10.5. The summed E-state index contributed by atoms with van der Waals surface area (Å²) >= 11 is 5.39. The highest BCUT2D eigenvalue weighted by Crippen LogP contribution is 2.15. The van der Waals surface area contributed by atoms with Crippen molar-refractivity contribution in [2.24, 2.45) is 0 Å². The average molecular weight is 235 g/mol. The maximum Gasteiger partial charge on any atom is 0.324 e. The molecule has 0 atom stereocenters. The molecule has 0 aromatic heterocycles. The standard InChI is InChI=1S/C10H19ClN2O2/c1-5-10(2,3)13(4)9(15)12-8(14)6-7-11/h5-7H2,1-4H3,(H,12,14,15). The number of alkyl halides is 1. The number of urea groups is 1. The van der Waals surface area contributed by atoms with E-state index < -0.39 is 0 Å². The summed E-state index contributed by atoms with van der Waals surface area (Å²) < 4.78 is 0. The van der Waals surface area contributed by atoms with E-state index in [1.165, 1.54) is 4.90 Å². The lowest BCUT2D eigenvalue weighted by molar-refractivity contribution is -0.119. The van der Waals surface area contributed by atoms with Gasteiger partial charge in [-0.25, -0.2) is 4.79 Å². The summed E-state index contributed by atoms with van der Waals surface area (Å²) in [6, 6.07) is -0.378. The molecule has 0 bridgehead atoms. The van der Waals surface area contributed by atoms with E-state index in [9.17, 15) is 9.59 Å². The lowest BCUT2D eigenvalue weighted by atomic mass is 10.0. The van der Waals surface area contributed by atoms with Crippen LogP contribution in [0.3, 0.4) is 0 Å². The topological polar surface area (TPSA) is 49.4 Å². The fraction of sp³-hybridized carbons (Fsp3) is 0.800. The number of nitrogens with one attached hydrogen (secondary N) is 1. The maximum absolute atomic E-state index is 11.6. The Morgan fingerprint density at radius 1 is 1.40 bits per heavy atom. The van der Waals surface area contributed by atoms with Gasteiger partial charge in [-0.15, -0.1) is 11.6 Å². The largest absolute Gasteiger partial charge is 0.324 e. The van der Waals surface area contributed by atoms with Crippen molar-refractivity contribution in [3.05, 3.63) is 0 Å². The lowest BCUT2D eigenvalue weighted by Gasteiger charge is -2.34. The highest BCUT2D eigenvalue weighted by Gasteiger charge is 2.26. The molecular formula is C10H19ClN2O2. The summed E-state index contributed by atoms with van der Waals surface area (Å²) in [6.45, 7) is 5.88. The smallest absolute Gasteiger partial charge is 0.322 e. The third-order valence-corrected chi connectivity index (χ3v) is 2.83. The Morgan fingerprint density at radius 3 is 2.33 bits per heavy atom. The molecule has 0 heterocycles. The molecule has 0 unspecified atom stereocenters. The second-order valence-electron chi connectivity index (χ2n) is 4.02. The molecule has 1 N–H and O–H groups in total. The van der Waals surface area contributed by atoms with Crippen LogP contribution in [0.2, 0.25) is 0 Å². The molecule has 0 saturated carbocycles. The summed E-state index contributed by atoms with van der Waals surface area (Å²) in [5.74, 6) is -0.117. The van der Waals surface area contributed by atoms with E-state index in [1.54, 1.807) is 7.05 Å². The molecule has 4 nitrogen and oxygen atoms in total. The van der Waals surface area contributed by atoms with E-state index in [4.69, 9.17) is 11.6 Å². The summed E-state index contributed by atoms with van der Waals surface area (Å²) in [7, 11) is 1.67. The second-order valence-corrected chi connectivity index (χ2v) is 4.40. The zero-order valence-electron chi connectivity index (χ0n) is 9.76. The molecule has 0 aliphatic rings. The Hall–Kier alpha value is -0.770. The first kappa shape index (κ1) is 14.2. The molecule has 0 aliphatic heterocycles. The molecule has 0 fully saturated rings. The van der Waals surface area contributed by atoms with Gasteiger partial charge in [-0.3, -0.25) is 10.1 Å². The van der Waals surface area contributed by atoms with Gasteiger partial charge in [0.2, 0.25) is 5.91 Å². The van der Waals surface area contributed by atoms with Crippen LogP contribution in [0.1, 0.15) is 33.6 Å². The van der Waals surface area contributed by atoms with E-state index in [-0.39, 0.29) is 29.8 Å². The van der Waals surface area contributed by atoms with Crippen molar-refractivity contribution in [3.8, 4) is 0 Å². The molecule has 0 spiro atoms. The lowest BCUT2D eigenvalue weighted by Crippen LogP contribution is -2.50. The van der Waals surface area contributed by atoms with Gasteiger partial charge in [-0.05, 0) is 20.3 Å². The van der Waals surface area contributed by atoms with Gasteiger partial charge in [0.1, 0.15) is 0 Å². The molecule has 5 heteroatoms. The Bertz CT molecular complexity index is 242. The SMILES string of the molecule is CCC(C)(C)N(C)C(=O)NC(=O)CCCl. The Morgan fingerprint density at radius 2 is 1.93 bits per heavy atom. The van der Waals surface area contributed by atoms with Crippen LogP contribution < -0.4 is 5.32 Å². The minimum Gasteiger partial charge on any atom is -0.322 e. The highest BCUT2D eigenvalue weighted by molar-refractivity contribution is 6.19. The van der Waals surface area contributed by atoms with Gasteiger partial charge >= 0.3 is 6.03 Å². The van der Waals surface area contributed by atoms with Crippen LogP contribution in [0.25, 0.3) is 0 Å². The van der Waals surface area contributed by atoms with Gasteiger partial charge in [0, 0.05) is 24.9 Å². The molecule has 0 aliphatic carbocycles. The van der Waals surface area contributed by atoms with Crippen molar-refractivity contribution < 1.29 is 9.59 Å². The predicted molar refractivity (Wildman–Crippen MR) is 61.0 cm³/mol. The van der Waals surface area contributed by atoms with Gasteiger partial charge in [0.25, 0.3) is 0 Å². The maximum atomic E-state index is 11.6. The van der Waals surface area contributed by atoms with E-state index in [1.807, 2.05) is 20.8 Å². The van der Waals surface area contributed by atoms with Crippen molar-refractivity contribution in [3.63, 3.8) is 0 Å². The van der Waals surface area contributed by atoms with E-state index in [2.05, 4.69) is 5.32 Å². The minimum absolute atomic E-state index is 0.160. The number of hydrogen-bond donors (Lipinski definition) is 1. The number of halogens is 1. The molecule has 0 radical (unpaired) electrons. The zero-order chi connectivity index (χ0) is 12.1. The van der Waals surface area contributed by atoms with Crippen LogP contribution in [-0.4, -0.2) is 35.3 Å². The van der Waals surface area contributed by atoms with Crippen molar-refractivity contribution in [1.29, 1.82) is 0 Å². The van der Waals surface area contributed by atoms with Crippen LogP contribution in [0.15, 0.2) is 0 Å². The number of nitrogens with zero attached hydrogens (tertiary/aromatic N) is 1. The van der Waals surface area contributed by atoms with Gasteiger partial charge in [-0.1, -0.05) is 6.92 Å². The highest BCUT2D eigenvalue weighted by atomic mass is 35.5. The normalized spacial score (nSPS) is 11.0. The van der Waals surface area contributed by atoms with E-state index in [0.717, 1.165) is 6.42 Å². The first-order valence-electron chi connectivity index (χ1n) is 4.98. The first-order chi connectivity index (χ1) is 6.85. The summed E-state index contributed by atoms with van der Waals surface area (Å²) in [4.78, 5) is 24.2. The van der Waals surface area contributed by atoms with Crippen LogP contribution >= 0.6 is 11.6 Å². The molecule has 3 amide bonds. The van der Waals surface area contributed by atoms with Gasteiger partial charge in [-0.2, -0.15) is 0 Å². The summed E-state index contributed by atoms with van der Waals surface area (Å²) in [5, 5.41) is 2.28. The molecule has 0 saturated heterocycles. The number of carbonyl (C=O) groups excluding carboxylic acids is 2. The van der Waals surface area contributed by atoms with Crippen molar-refractivity contribution >= 4 is 23.5 Å². The third kappa shape index (κ3) is 4.51. The van der Waals surface area contributed by atoms with Crippen molar-refractivity contribution in [2.45, 2.75) is 39.2 Å². The number of hydrogen-bond acceptors (Lipinski definition) is 2. The number of amides is 3. The van der Waals surface area contributed by atoms with Crippen LogP contribution in [0, 0.1) is 0 Å². The van der Waals surface area contributed by atoms with Gasteiger partial charge in [0.15, 0.2) is 0 Å². The first-order valence-corrected chi connectivity index (χ1v) is 5.52. The number of rotatable bonds is 4. The molecule has 88 valence electrons. The number of imide groups is 1.